The molecule has 3 aromatic rings. The van der Waals surface area contributed by atoms with Gasteiger partial charge in [-0.15, -0.1) is 0 Å². The van der Waals surface area contributed by atoms with Crippen molar-refractivity contribution in [3.63, 3.8) is 0 Å². The Morgan fingerprint density at radius 1 is 0.322 bits per heavy atom. The Labute approximate surface area is 691 Å². The van der Waals surface area contributed by atoms with Crippen molar-refractivity contribution in [1.82, 2.24) is 9.80 Å². The third kappa shape index (κ3) is 29.3. The summed E-state index contributed by atoms with van der Waals surface area (Å²) in [6.07, 6.45) is -2.88. The maximum absolute atomic E-state index is 12.8. The lowest BCUT2D eigenvalue weighted by molar-refractivity contribution is -0.0346. The molecule has 0 aliphatic carbocycles. The zero-order chi connectivity index (χ0) is 84.8. The molecule has 29 nitrogen and oxygen atoms in total. The third-order valence-electron chi connectivity index (χ3n) is 18.9. The van der Waals surface area contributed by atoms with Gasteiger partial charge in [0.25, 0.3) is 0 Å². The lowest BCUT2D eigenvalue weighted by atomic mass is 9.97. The summed E-state index contributed by atoms with van der Waals surface area (Å²) in [4.78, 5) is 42.1. The molecule has 0 aromatic heterocycles. The van der Waals surface area contributed by atoms with Gasteiger partial charge >= 0.3 is 70.4 Å². The fourth-order valence-electron chi connectivity index (χ4n) is 14.8. The van der Waals surface area contributed by atoms with E-state index in [0.29, 0.717) is 89.2 Å². The molecule has 6 N–H and O–H groups in total. The van der Waals surface area contributed by atoms with E-state index in [-0.39, 0.29) is 140 Å². The number of aliphatic hydroxyl groups is 6. The maximum atomic E-state index is 12.8. The smallest absolute Gasteiger partial charge is 0.479 e. The van der Waals surface area contributed by atoms with E-state index in [1.807, 2.05) is 4.90 Å². The number of benzene rings is 3. The van der Waals surface area contributed by atoms with Crippen LogP contribution in [0.4, 0.5) is 0 Å². The topological polar surface area (TPSA) is 345 Å². The Morgan fingerprint density at radius 3 is 0.748 bits per heavy atom. The van der Waals surface area contributed by atoms with Crippen LogP contribution in [0.5, 0.6) is 17.2 Å². The van der Waals surface area contributed by atoms with Crippen LogP contribution >= 0.6 is 0 Å². The molecular weight excluding hydrogens is 1620 g/mol. The Kier molecular flexibility index (Phi) is 35.0. The number of ketones is 3. The molecule has 6 saturated heterocycles. The Bertz CT molecular complexity index is 3300. The van der Waals surface area contributed by atoms with Crippen LogP contribution in [0, 0.1) is 41.4 Å². The second-order valence-electron chi connectivity index (χ2n) is 36.0. The van der Waals surface area contributed by atoms with Gasteiger partial charge in [-0.3, -0.25) is 24.2 Å². The highest BCUT2D eigenvalue weighted by Crippen LogP contribution is 2.56. The zero-order valence-electron chi connectivity index (χ0n) is 71.8. The van der Waals surface area contributed by atoms with Gasteiger partial charge in [-0.25, -0.2) is 0 Å². The van der Waals surface area contributed by atoms with Gasteiger partial charge < -0.3 is 108 Å². The predicted molar refractivity (Wildman–Crippen MR) is 447 cm³/mol. The molecule has 37 heteroatoms. The van der Waals surface area contributed by atoms with Crippen molar-refractivity contribution < 1.29 is 123 Å². The van der Waals surface area contributed by atoms with Crippen LogP contribution in [0.1, 0.15) is 176 Å². The van der Waals surface area contributed by atoms with Crippen LogP contribution in [0.2, 0.25) is 48.4 Å². The van der Waals surface area contributed by atoms with Gasteiger partial charge in [0.1, 0.15) is 53.9 Å². The lowest BCUT2D eigenvalue weighted by Gasteiger charge is -2.64. The highest BCUT2D eigenvalue weighted by atomic mass is 28.6. The van der Waals surface area contributed by atoms with Crippen molar-refractivity contribution >= 4 is 87.8 Å². The third-order valence-corrected chi connectivity index (χ3v) is 58.9. The van der Waals surface area contributed by atoms with Gasteiger partial charge in [-0.2, -0.15) is 0 Å². The van der Waals surface area contributed by atoms with Gasteiger partial charge in [-0.1, -0.05) is 96.9 Å². The van der Waals surface area contributed by atoms with E-state index >= 15 is 0 Å². The van der Waals surface area contributed by atoms with E-state index in [2.05, 4.69) is 102 Å². The summed E-state index contributed by atoms with van der Waals surface area (Å²) in [7, 11) is -34.2. The number of hydrogen-bond acceptors (Lipinski definition) is 29. The summed E-state index contributed by atoms with van der Waals surface area (Å²) in [5.41, 5.74) is -3.62. The van der Waals surface area contributed by atoms with Gasteiger partial charge in [0.2, 0.25) is 0 Å². The van der Waals surface area contributed by atoms with Crippen molar-refractivity contribution in [3.05, 3.63) is 89.5 Å². The minimum Gasteiger partial charge on any atom is -0.491 e. The van der Waals surface area contributed by atoms with Crippen LogP contribution in [-0.2, 0) is 63.6 Å². The first-order valence-corrected chi connectivity index (χ1v) is 56.7. The van der Waals surface area contributed by atoms with E-state index in [4.69, 9.17) is 77.8 Å². The number of rotatable bonds is 51. The first-order valence-electron chi connectivity index (χ1n) is 41.2. The highest BCUT2D eigenvalue weighted by Gasteiger charge is 2.83. The summed E-state index contributed by atoms with van der Waals surface area (Å²) in [5.74, 6) is -0.124. The van der Waals surface area contributed by atoms with E-state index in [1.165, 1.54) is 41.5 Å². The van der Waals surface area contributed by atoms with E-state index in [1.54, 1.807) is 72.8 Å². The molecule has 6 aliphatic rings. The monoisotopic (exact) mass is 1760 g/mol. The lowest BCUT2D eigenvalue weighted by Crippen LogP contribution is -2.88. The van der Waals surface area contributed by atoms with Crippen molar-refractivity contribution in [2.45, 2.75) is 228 Å². The van der Waals surface area contributed by atoms with Crippen LogP contribution in [0.3, 0.4) is 0 Å². The Balaban J connectivity index is 1.12. The van der Waals surface area contributed by atoms with Crippen molar-refractivity contribution in [2.24, 2.45) is 41.4 Å². The number of carbonyl (C=O) groups is 3. The second kappa shape index (κ2) is 41.4. The standard InChI is InChI=1S/C78H136N2O27Si8/c1-57(2)50-109-96-108(97-110(51-58(3)4)101-112(99-109,53-60(7)8)105-115(56-63(13)14)106-113(100-109,54-61(9)10)102-111(98-108,52-59(5)6)104-114(103-110,107-115)55-62(11)12)43-21-34-79(44-67(81)47-90-37-40-93-70-28-22-64(23-29-70)73(84)76(15,16)87)35-36-80(45-68(82)48-91-38-41-94-71-30-24-65(25-31-71)74(85)77(17,18)88)46-69(83)49-92-39-42-95-72-32-26-66(27-33-72)75(86)78(19,20)89/h22-33,57-63,67-69,81-83,87-89H,21,34-56H2,1-20H3. The summed E-state index contributed by atoms with van der Waals surface area (Å²) in [6.45, 7) is 39.5. The number of ether oxygens (including phenoxy) is 6. The van der Waals surface area contributed by atoms with Gasteiger partial charge in [-0.05, 0) is 169 Å². The largest absolute Gasteiger partial charge is 0.491 e. The van der Waals surface area contributed by atoms with Crippen LogP contribution in [0.15, 0.2) is 72.8 Å². The number of carbonyl (C=O) groups excluding carboxylic acids is 3. The number of nitrogens with zero attached hydrogens (tertiary/aromatic N) is 2. The minimum absolute atomic E-state index is 0.00413. The molecule has 9 rings (SSSR count). The zero-order valence-corrected chi connectivity index (χ0v) is 79.8. The molecule has 6 fully saturated rings. The number of hydrogen-bond donors (Lipinski definition) is 6. The fraction of sp³-hybridized carbons (Fsp3) is 0.731. The molecule has 652 valence electrons. The quantitative estimate of drug-likeness (QED) is 0.0174. The highest BCUT2D eigenvalue weighted by molar-refractivity contribution is 7.03. The molecule has 0 spiro atoms. The summed E-state index contributed by atoms with van der Waals surface area (Å²) >= 11 is 0. The molecule has 0 amide bonds. The number of Topliss-reactive ketones (excluding diaryl/α,β-unsaturated/α-hetero) is 3. The fourth-order valence-corrected chi connectivity index (χ4v) is 66.3. The molecule has 115 heavy (non-hydrogen) atoms. The summed E-state index contributed by atoms with van der Waals surface area (Å²) < 4.78 is 132. The van der Waals surface area contributed by atoms with E-state index < -0.39 is 123 Å². The Morgan fingerprint density at radius 2 is 0.530 bits per heavy atom. The van der Waals surface area contributed by atoms with Crippen molar-refractivity contribution in [1.29, 1.82) is 0 Å². The van der Waals surface area contributed by atoms with Gasteiger partial charge in [0.15, 0.2) is 17.3 Å². The van der Waals surface area contributed by atoms with Crippen LogP contribution in [0.25, 0.3) is 0 Å². The van der Waals surface area contributed by atoms with E-state index in [0.717, 1.165) is 0 Å². The first-order chi connectivity index (χ1) is 53.6. The van der Waals surface area contributed by atoms with Crippen molar-refractivity contribution in [2.75, 3.05) is 98.7 Å². The van der Waals surface area contributed by atoms with Crippen molar-refractivity contribution in [3.8, 4) is 17.2 Å². The normalized spacial score (nSPS) is 26.6. The SMILES string of the molecule is CC(C)C[Si]12O[Si]3(CCCN(CCN(CC(O)COCCOc4ccc(C(=O)C(C)(C)O)cc4)CC(O)COCCOc4ccc(C(=O)C(C)(C)O)cc4)CC(O)COCCOc4ccc(C(=O)C(C)(C)O)cc4)O[Si]4(CC(C)C)O[Si](CC(C)C)(O1)O[Si]1(CC(C)C)O[Si](CC(C)C)(O2)O[Si](CC(C)C)(O3)O[Si](CC(C)C)(O4)O1. The molecular formula is C78H136N2O27Si8. The number of aliphatic hydroxyl groups excluding tert-OH is 3. The molecule has 8 bridgehead atoms. The molecule has 0 radical (unpaired) electrons. The first kappa shape index (κ1) is 97.3. The van der Waals surface area contributed by atoms with E-state index in [9.17, 15) is 45.0 Å². The molecule has 6 aliphatic heterocycles. The van der Waals surface area contributed by atoms with Crippen LogP contribution in [-0.4, -0.2) is 262 Å². The Hall–Kier alpha value is -3.11. The van der Waals surface area contributed by atoms with Gasteiger partial charge in [0.05, 0.1) is 58.0 Å². The molecule has 3 aromatic carbocycles. The molecule has 0 saturated carbocycles. The average molecular weight is 1760 g/mol. The molecule has 6 heterocycles. The predicted octanol–water partition coefficient (Wildman–Crippen LogP) is 10.6. The van der Waals surface area contributed by atoms with Crippen LogP contribution < -0.4 is 14.2 Å². The maximum Gasteiger partial charge on any atom is 0.479 e. The molecule has 3 atom stereocenters. The summed E-state index contributed by atoms with van der Waals surface area (Å²) in [6, 6.07) is 21.8. The summed E-state index contributed by atoms with van der Waals surface area (Å²) in [5, 5.41) is 66.7. The average Bonchev–Trinajstić information content (AvgIpc) is 0.683. The molecule has 3 unspecified atom stereocenters. The second-order valence-corrected chi connectivity index (χ2v) is 60.1. The van der Waals surface area contributed by atoms with Gasteiger partial charge in [0, 0.05) is 97.8 Å². The minimum atomic E-state index is -4.48.